The first kappa shape index (κ1) is 13.0. The van der Waals surface area contributed by atoms with Crippen LogP contribution >= 0.6 is 11.5 Å². The summed E-state index contributed by atoms with van der Waals surface area (Å²) in [5.41, 5.74) is 2.42. The molecule has 96 valence electrons. The summed E-state index contributed by atoms with van der Waals surface area (Å²) in [5, 5.41) is 4.20. The van der Waals surface area contributed by atoms with Gasteiger partial charge in [-0.15, -0.1) is 0 Å². The normalized spacial score (nSPS) is 10.9. The molecule has 0 saturated carbocycles. The lowest BCUT2D eigenvalue weighted by Gasteiger charge is -2.03. The van der Waals surface area contributed by atoms with Crippen molar-refractivity contribution in [2.45, 2.75) is 27.2 Å². The lowest BCUT2D eigenvalue weighted by Crippen LogP contribution is -2.07. The molecule has 0 radical (unpaired) electrons. The van der Waals surface area contributed by atoms with Gasteiger partial charge in [0.15, 0.2) is 5.82 Å². The lowest BCUT2D eigenvalue weighted by atomic mass is 10.1. The van der Waals surface area contributed by atoms with Gasteiger partial charge in [-0.1, -0.05) is 45.0 Å². The van der Waals surface area contributed by atoms with Gasteiger partial charge in [0, 0.05) is 23.6 Å². The van der Waals surface area contributed by atoms with Crippen LogP contribution < -0.4 is 5.32 Å². The fraction of sp³-hybridized carbons (Fsp3) is 0.429. The maximum Gasteiger partial charge on any atom is 0.202 e. The van der Waals surface area contributed by atoms with Crippen LogP contribution in [0.1, 0.15) is 26.3 Å². The number of anilines is 1. The predicted molar refractivity (Wildman–Crippen MR) is 78.1 cm³/mol. The summed E-state index contributed by atoms with van der Waals surface area (Å²) >= 11 is 1.42. The first-order valence-electron chi connectivity index (χ1n) is 6.36. The lowest BCUT2D eigenvalue weighted by molar-refractivity contribution is 0.688. The number of hydrogen-bond acceptors (Lipinski definition) is 4. The molecule has 1 aromatic carbocycles. The first-order valence-corrected chi connectivity index (χ1v) is 7.13. The standard InChI is InChI=1S/C14H19N3S/c1-4-11-5-7-12(8-6-11)13-16-14(18-17-13)15-9-10(2)3/h5-8,10H,4,9H2,1-3H3,(H,15,16,17). The minimum atomic E-state index is 0.612. The van der Waals surface area contributed by atoms with Gasteiger partial charge >= 0.3 is 0 Å². The highest BCUT2D eigenvalue weighted by Crippen LogP contribution is 2.21. The van der Waals surface area contributed by atoms with Gasteiger partial charge in [0.25, 0.3) is 0 Å². The smallest absolute Gasteiger partial charge is 0.202 e. The quantitative estimate of drug-likeness (QED) is 0.888. The van der Waals surface area contributed by atoms with Gasteiger partial charge in [0.1, 0.15) is 0 Å². The molecular weight excluding hydrogens is 242 g/mol. The molecule has 1 heterocycles. The van der Waals surface area contributed by atoms with Crippen LogP contribution in [0.2, 0.25) is 0 Å². The minimum absolute atomic E-state index is 0.612. The van der Waals surface area contributed by atoms with E-state index < -0.39 is 0 Å². The molecule has 0 spiro atoms. The zero-order chi connectivity index (χ0) is 13.0. The molecule has 3 nitrogen and oxygen atoms in total. The zero-order valence-corrected chi connectivity index (χ0v) is 11.9. The van der Waals surface area contributed by atoms with E-state index in [2.05, 4.69) is 59.7 Å². The van der Waals surface area contributed by atoms with E-state index in [1.54, 1.807) is 0 Å². The second-order valence-electron chi connectivity index (χ2n) is 4.75. The summed E-state index contributed by atoms with van der Waals surface area (Å²) in [7, 11) is 0. The molecule has 0 saturated heterocycles. The number of nitrogens with zero attached hydrogens (tertiary/aromatic N) is 2. The largest absolute Gasteiger partial charge is 0.360 e. The van der Waals surface area contributed by atoms with Crippen LogP contribution in [0.15, 0.2) is 24.3 Å². The summed E-state index contributed by atoms with van der Waals surface area (Å²) in [6, 6.07) is 8.45. The van der Waals surface area contributed by atoms with E-state index in [0.717, 1.165) is 29.5 Å². The Labute approximate surface area is 112 Å². The Morgan fingerprint density at radius 1 is 1.22 bits per heavy atom. The van der Waals surface area contributed by atoms with Crippen molar-refractivity contribution >= 4 is 16.7 Å². The number of aromatic nitrogens is 2. The van der Waals surface area contributed by atoms with Crippen molar-refractivity contribution in [3.8, 4) is 11.4 Å². The molecule has 0 aliphatic rings. The Balaban J connectivity index is 2.08. The van der Waals surface area contributed by atoms with Crippen molar-refractivity contribution in [3.05, 3.63) is 29.8 Å². The van der Waals surface area contributed by atoms with Crippen molar-refractivity contribution in [1.82, 2.24) is 9.36 Å². The van der Waals surface area contributed by atoms with Gasteiger partial charge in [-0.25, -0.2) is 0 Å². The van der Waals surface area contributed by atoms with Crippen LogP contribution in [0.3, 0.4) is 0 Å². The van der Waals surface area contributed by atoms with Crippen molar-refractivity contribution < 1.29 is 0 Å². The molecule has 4 heteroatoms. The summed E-state index contributed by atoms with van der Waals surface area (Å²) in [6.07, 6.45) is 1.06. The third kappa shape index (κ3) is 3.29. The average Bonchev–Trinajstić information content (AvgIpc) is 2.85. The van der Waals surface area contributed by atoms with E-state index in [-0.39, 0.29) is 0 Å². The molecule has 0 aliphatic heterocycles. The van der Waals surface area contributed by atoms with Crippen molar-refractivity contribution in [3.63, 3.8) is 0 Å². The third-order valence-electron chi connectivity index (χ3n) is 2.71. The van der Waals surface area contributed by atoms with Crippen LogP contribution in [0.4, 0.5) is 5.13 Å². The summed E-state index contributed by atoms with van der Waals surface area (Å²) in [4.78, 5) is 4.50. The average molecular weight is 261 g/mol. The summed E-state index contributed by atoms with van der Waals surface area (Å²) in [6.45, 7) is 7.45. The number of benzene rings is 1. The SMILES string of the molecule is CCc1ccc(-c2nsc(NCC(C)C)n2)cc1. The summed E-state index contributed by atoms with van der Waals surface area (Å²) < 4.78 is 4.39. The fourth-order valence-corrected chi connectivity index (χ4v) is 2.19. The highest BCUT2D eigenvalue weighted by Gasteiger charge is 2.06. The van der Waals surface area contributed by atoms with Gasteiger partial charge in [-0.3, -0.25) is 0 Å². The van der Waals surface area contributed by atoms with E-state index in [4.69, 9.17) is 0 Å². The van der Waals surface area contributed by atoms with Gasteiger partial charge < -0.3 is 5.32 Å². The van der Waals surface area contributed by atoms with E-state index in [1.807, 2.05) is 0 Å². The molecule has 0 bridgehead atoms. The topological polar surface area (TPSA) is 37.8 Å². The molecule has 0 amide bonds. The van der Waals surface area contributed by atoms with E-state index in [9.17, 15) is 0 Å². The van der Waals surface area contributed by atoms with E-state index in [1.165, 1.54) is 17.1 Å². The molecule has 0 aliphatic carbocycles. The maximum atomic E-state index is 4.50. The molecule has 1 N–H and O–H groups in total. The van der Waals surface area contributed by atoms with Gasteiger partial charge in [0.05, 0.1) is 0 Å². The number of aryl methyl sites for hydroxylation is 1. The second kappa shape index (κ2) is 5.96. The van der Waals surface area contributed by atoms with Crippen molar-refractivity contribution in [2.75, 3.05) is 11.9 Å². The predicted octanol–water partition coefficient (Wildman–Crippen LogP) is 3.84. The molecule has 2 rings (SSSR count). The molecular formula is C14H19N3S. The summed E-state index contributed by atoms with van der Waals surface area (Å²) in [5.74, 6) is 1.43. The third-order valence-corrected chi connectivity index (χ3v) is 3.38. The van der Waals surface area contributed by atoms with E-state index >= 15 is 0 Å². The Morgan fingerprint density at radius 2 is 1.94 bits per heavy atom. The Hall–Kier alpha value is -1.42. The molecule has 2 aromatic rings. The second-order valence-corrected chi connectivity index (χ2v) is 5.50. The van der Waals surface area contributed by atoms with Crippen LogP contribution in [0.25, 0.3) is 11.4 Å². The van der Waals surface area contributed by atoms with Crippen LogP contribution in [0, 0.1) is 5.92 Å². The maximum absolute atomic E-state index is 4.50. The van der Waals surface area contributed by atoms with Gasteiger partial charge in [0.2, 0.25) is 5.13 Å². The molecule has 0 atom stereocenters. The van der Waals surface area contributed by atoms with Crippen LogP contribution in [0.5, 0.6) is 0 Å². The van der Waals surface area contributed by atoms with Crippen LogP contribution in [-0.4, -0.2) is 15.9 Å². The molecule has 0 fully saturated rings. The van der Waals surface area contributed by atoms with Crippen LogP contribution in [-0.2, 0) is 6.42 Å². The molecule has 1 aromatic heterocycles. The van der Waals surface area contributed by atoms with Crippen molar-refractivity contribution in [1.29, 1.82) is 0 Å². The monoisotopic (exact) mass is 261 g/mol. The van der Waals surface area contributed by atoms with Gasteiger partial charge in [-0.2, -0.15) is 9.36 Å². The highest BCUT2D eigenvalue weighted by atomic mass is 32.1. The van der Waals surface area contributed by atoms with Crippen molar-refractivity contribution in [2.24, 2.45) is 5.92 Å². The van der Waals surface area contributed by atoms with E-state index in [0.29, 0.717) is 5.92 Å². The minimum Gasteiger partial charge on any atom is -0.360 e. The number of nitrogens with one attached hydrogen (secondary N) is 1. The Kier molecular flexibility index (Phi) is 4.31. The Morgan fingerprint density at radius 3 is 2.56 bits per heavy atom. The highest BCUT2D eigenvalue weighted by molar-refractivity contribution is 7.09. The molecule has 18 heavy (non-hydrogen) atoms. The first-order chi connectivity index (χ1) is 8.69. The number of rotatable bonds is 5. The molecule has 0 unspecified atom stereocenters. The fourth-order valence-electron chi connectivity index (χ4n) is 1.59. The number of hydrogen-bond donors (Lipinski definition) is 1. The van der Waals surface area contributed by atoms with Gasteiger partial charge in [-0.05, 0) is 17.9 Å². The Bertz CT molecular complexity index is 488. The zero-order valence-electron chi connectivity index (χ0n) is 11.1.